The summed E-state index contributed by atoms with van der Waals surface area (Å²) in [5.41, 5.74) is 2.87. The second-order valence-electron chi connectivity index (χ2n) is 8.28. The highest BCUT2D eigenvalue weighted by Crippen LogP contribution is 2.28. The maximum absolute atomic E-state index is 13.4. The first kappa shape index (κ1) is 23.8. The summed E-state index contributed by atoms with van der Waals surface area (Å²) in [7, 11) is 0. The van der Waals surface area contributed by atoms with Gasteiger partial charge in [0.1, 0.15) is 17.2 Å². The summed E-state index contributed by atoms with van der Waals surface area (Å²) in [6, 6.07) is 21.0. The number of urea groups is 1. The molecular formula is C27H23FN6O3. The second-order valence-corrected chi connectivity index (χ2v) is 8.28. The number of hydrogen-bond acceptors (Lipinski definition) is 5. The molecule has 2 aromatic heterocycles. The highest BCUT2D eigenvalue weighted by atomic mass is 19.1. The predicted octanol–water partition coefficient (Wildman–Crippen LogP) is 4.85. The Morgan fingerprint density at radius 2 is 1.78 bits per heavy atom. The Morgan fingerprint density at radius 3 is 2.59 bits per heavy atom. The molecule has 186 valence electrons. The largest absolute Gasteiger partial charge is 0.387 e. The van der Waals surface area contributed by atoms with Crippen molar-refractivity contribution in [2.75, 3.05) is 22.5 Å². The number of amides is 2. The molecule has 1 unspecified atom stereocenters. The van der Waals surface area contributed by atoms with E-state index in [0.717, 1.165) is 5.56 Å². The molecule has 0 aliphatic carbocycles. The highest BCUT2D eigenvalue weighted by Gasteiger charge is 2.17. The van der Waals surface area contributed by atoms with Crippen LogP contribution in [0.4, 0.5) is 26.2 Å². The highest BCUT2D eigenvalue weighted by molar-refractivity contribution is 6.05. The van der Waals surface area contributed by atoms with Gasteiger partial charge in [-0.15, -0.1) is 0 Å². The first-order valence-electron chi connectivity index (χ1n) is 11.5. The predicted molar refractivity (Wildman–Crippen MR) is 141 cm³/mol. The Balaban J connectivity index is 1.40. The van der Waals surface area contributed by atoms with E-state index in [0.29, 0.717) is 28.1 Å². The van der Waals surface area contributed by atoms with Gasteiger partial charge in [-0.1, -0.05) is 42.5 Å². The zero-order valence-corrected chi connectivity index (χ0v) is 19.5. The number of aromatic amines is 2. The number of hydrogen-bond donors (Lipinski definition) is 6. The lowest BCUT2D eigenvalue weighted by molar-refractivity contribution is 0.191. The molecule has 5 aromatic rings. The molecule has 0 fully saturated rings. The van der Waals surface area contributed by atoms with Crippen LogP contribution in [0.1, 0.15) is 11.7 Å². The molecule has 10 heteroatoms. The molecule has 5 rings (SSSR count). The topological polar surface area (TPSA) is 135 Å². The molecule has 2 amide bonds. The number of aliphatic hydroxyl groups excluding tert-OH is 1. The smallest absolute Gasteiger partial charge is 0.323 e. The molecule has 0 saturated carbocycles. The van der Waals surface area contributed by atoms with Gasteiger partial charge in [0, 0.05) is 18.4 Å². The van der Waals surface area contributed by atoms with Gasteiger partial charge in [0.25, 0.3) is 5.56 Å². The number of nitrogens with one attached hydrogen (secondary N) is 5. The Bertz CT molecular complexity index is 1620. The van der Waals surface area contributed by atoms with Crippen molar-refractivity contribution in [1.29, 1.82) is 0 Å². The lowest BCUT2D eigenvalue weighted by atomic mass is 10.1. The number of H-pyrrole nitrogens is 2. The van der Waals surface area contributed by atoms with Gasteiger partial charge in [-0.05, 0) is 42.0 Å². The SMILES string of the molecule is O=C(Nc1cccc(F)c1)Nc1cccc2nc(-c3c(NCC(O)c4ccccc4)cc[nH]c3=O)[nH]c12. The van der Waals surface area contributed by atoms with Crippen molar-refractivity contribution in [3.05, 3.63) is 107 Å². The number of para-hydroxylation sites is 1. The maximum Gasteiger partial charge on any atom is 0.323 e. The molecule has 0 saturated heterocycles. The van der Waals surface area contributed by atoms with Crippen LogP contribution in [0.25, 0.3) is 22.4 Å². The maximum atomic E-state index is 13.4. The molecule has 2 heterocycles. The van der Waals surface area contributed by atoms with Crippen LogP contribution in [0.5, 0.6) is 0 Å². The van der Waals surface area contributed by atoms with E-state index in [9.17, 15) is 19.1 Å². The quantitative estimate of drug-likeness (QED) is 0.191. The van der Waals surface area contributed by atoms with Gasteiger partial charge in [-0.2, -0.15) is 0 Å². The van der Waals surface area contributed by atoms with Crippen molar-refractivity contribution in [3.63, 3.8) is 0 Å². The summed E-state index contributed by atoms with van der Waals surface area (Å²) in [4.78, 5) is 35.6. The van der Waals surface area contributed by atoms with Gasteiger partial charge in [0.2, 0.25) is 0 Å². The molecule has 1 atom stereocenters. The fourth-order valence-electron chi connectivity index (χ4n) is 3.97. The first-order chi connectivity index (χ1) is 18.0. The van der Waals surface area contributed by atoms with Gasteiger partial charge in [0.15, 0.2) is 0 Å². The molecule has 6 N–H and O–H groups in total. The fraction of sp³-hybridized carbons (Fsp3) is 0.0741. The molecule has 37 heavy (non-hydrogen) atoms. The average Bonchev–Trinajstić information content (AvgIpc) is 3.32. The van der Waals surface area contributed by atoms with E-state index in [-0.39, 0.29) is 23.5 Å². The molecule has 0 radical (unpaired) electrons. The number of rotatable bonds is 7. The molecule has 0 aliphatic heterocycles. The zero-order valence-electron chi connectivity index (χ0n) is 19.5. The third-order valence-electron chi connectivity index (χ3n) is 5.72. The minimum absolute atomic E-state index is 0.174. The number of nitrogens with zero attached hydrogens (tertiary/aromatic N) is 1. The van der Waals surface area contributed by atoms with E-state index < -0.39 is 18.0 Å². The molecule has 3 aromatic carbocycles. The van der Waals surface area contributed by atoms with E-state index in [4.69, 9.17) is 0 Å². The number of pyridine rings is 1. The van der Waals surface area contributed by atoms with Crippen molar-refractivity contribution in [3.8, 4) is 11.4 Å². The van der Waals surface area contributed by atoms with E-state index in [2.05, 4.69) is 30.9 Å². The summed E-state index contributed by atoms with van der Waals surface area (Å²) in [6.07, 6.45) is 0.728. The van der Waals surface area contributed by atoms with Crippen LogP contribution in [-0.4, -0.2) is 32.6 Å². The molecular weight excluding hydrogens is 475 g/mol. The number of benzene rings is 3. The van der Waals surface area contributed by atoms with Gasteiger partial charge < -0.3 is 31.0 Å². The number of fused-ring (bicyclic) bond motifs is 1. The van der Waals surface area contributed by atoms with E-state index in [1.165, 1.54) is 24.4 Å². The number of aromatic nitrogens is 3. The van der Waals surface area contributed by atoms with Crippen LogP contribution < -0.4 is 21.5 Å². The number of imidazole rings is 1. The number of carbonyl (C=O) groups excluding carboxylic acids is 1. The number of aliphatic hydroxyl groups is 1. The summed E-state index contributed by atoms with van der Waals surface area (Å²) in [6.45, 7) is 0.174. The van der Waals surface area contributed by atoms with Gasteiger partial charge >= 0.3 is 6.03 Å². The molecule has 0 aliphatic rings. The molecule has 9 nitrogen and oxygen atoms in total. The van der Waals surface area contributed by atoms with E-state index >= 15 is 0 Å². The van der Waals surface area contributed by atoms with Crippen LogP contribution in [0, 0.1) is 5.82 Å². The molecule has 0 bridgehead atoms. The Morgan fingerprint density at radius 1 is 0.973 bits per heavy atom. The lowest BCUT2D eigenvalue weighted by Crippen LogP contribution is -2.19. The Kier molecular flexibility index (Phi) is 6.64. The van der Waals surface area contributed by atoms with Gasteiger partial charge in [-0.3, -0.25) is 4.79 Å². The van der Waals surface area contributed by atoms with E-state index in [1.807, 2.05) is 30.3 Å². The standard InChI is InChI=1S/C27H23FN6O3/c28-17-8-4-9-18(14-17)31-27(37)33-21-11-5-10-20-24(21)34-25(32-20)23-19(12-13-29-26(23)36)30-15-22(35)16-6-2-1-3-7-16/h1-14,22,35H,15H2,(H,32,34)(H2,29,30,36)(H2,31,33,37). The van der Waals surface area contributed by atoms with Crippen LogP contribution in [-0.2, 0) is 0 Å². The number of halogens is 1. The number of anilines is 3. The van der Waals surface area contributed by atoms with Crippen LogP contribution in [0.3, 0.4) is 0 Å². The van der Waals surface area contributed by atoms with Crippen LogP contribution in [0.15, 0.2) is 89.9 Å². The first-order valence-corrected chi connectivity index (χ1v) is 11.5. The minimum Gasteiger partial charge on any atom is -0.387 e. The third-order valence-corrected chi connectivity index (χ3v) is 5.72. The van der Waals surface area contributed by atoms with Crippen LogP contribution >= 0.6 is 0 Å². The van der Waals surface area contributed by atoms with Crippen molar-refractivity contribution in [1.82, 2.24) is 15.0 Å². The lowest BCUT2D eigenvalue weighted by Gasteiger charge is -2.14. The summed E-state index contributed by atoms with van der Waals surface area (Å²) in [5, 5.41) is 19.0. The summed E-state index contributed by atoms with van der Waals surface area (Å²) < 4.78 is 13.4. The van der Waals surface area contributed by atoms with Crippen molar-refractivity contribution in [2.24, 2.45) is 0 Å². The second kappa shape index (κ2) is 10.3. The fourth-order valence-corrected chi connectivity index (χ4v) is 3.97. The van der Waals surface area contributed by atoms with Crippen LogP contribution in [0.2, 0.25) is 0 Å². The van der Waals surface area contributed by atoms with Crippen molar-refractivity contribution in [2.45, 2.75) is 6.10 Å². The van der Waals surface area contributed by atoms with Crippen molar-refractivity contribution < 1.29 is 14.3 Å². The zero-order chi connectivity index (χ0) is 25.8. The number of carbonyl (C=O) groups is 1. The molecule has 0 spiro atoms. The minimum atomic E-state index is -0.781. The Labute approximate surface area is 210 Å². The van der Waals surface area contributed by atoms with Crippen molar-refractivity contribution >= 4 is 34.1 Å². The monoisotopic (exact) mass is 498 g/mol. The average molecular weight is 499 g/mol. The summed E-state index contributed by atoms with van der Waals surface area (Å²) in [5.74, 6) is -0.180. The third kappa shape index (κ3) is 5.34. The Hall–Kier alpha value is -4.96. The van der Waals surface area contributed by atoms with Gasteiger partial charge in [-0.25, -0.2) is 14.2 Å². The van der Waals surface area contributed by atoms with Gasteiger partial charge in [0.05, 0.1) is 28.5 Å². The van der Waals surface area contributed by atoms with E-state index in [1.54, 1.807) is 30.3 Å². The summed E-state index contributed by atoms with van der Waals surface area (Å²) >= 11 is 0. The normalized spacial score (nSPS) is 11.7.